The first-order chi connectivity index (χ1) is 9.95. The van der Waals surface area contributed by atoms with Crippen molar-refractivity contribution in [2.75, 3.05) is 24.5 Å². The second kappa shape index (κ2) is 7.75. The van der Waals surface area contributed by atoms with Crippen molar-refractivity contribution in [1.82, 2.24) is 5.32 Å². The Hall–Kier alpha value is -0.380. The minimum absolute atomic E-state index is 0.671. The molecule has 0 aliphatic carbocycles. The van der Waals surface area contributed by atoms with E-state index in [4.69, 9.17) is 11.6 Å². The molecule has 0 saturated carbocycles. The lowest BCUT2D eigenvalue weighted by molar-refractivity contribution is 0.551. The Kier molecular flexibility index (Phi) is 6.27. The summed E-state index contributed by atoms with van der Waals surface area (Å²) in [5.41, 5.74) is 2.66. The maximum atomic E-state index is 6.24. The summed E-state index contributed by atoms with van der Waals surface area (Å²) in [7, 11) is 0. The third-order valence-electron chi connectivity index (χ3n) is 3.68. The van der Waals surface area contributed by atoms with Gasteiger partial charge in [0.1, 0.15) is 0 Å². The van der Waals surface area contributed by atoms with Gasteiger partial charge in [0.2, 0.25) is 0 Å². The minimum atomic E-state index is 0.671. The molecule has 0 radical (unpaired) electrons. The maximum Gasteiger partial charge on any atom is 0.0427 e. The first-order valence-corrected chi connectivity index (χ1v) is 9.17. The Morgan fingerprint density at radius 1 is 1.29 bits per heavy atom. The summed E-state index contributed by atoms with van der Waals surface area (Å²) >= 11 is 8.32. The molecule has 0 aromatic heterocycles. The third kappa shape index (κ3) is 5.08. The lowest BCUT2D eigenvalue weighted by Crippen LogP contribution is -2.41. The SMILES string of the molecule is CC(C)CNCc1ccc(Cl)cc1N1CC(C)SC(C)C1. The van der Waals surface area contributed by atoms with Crippen LogP contribution in [0.15, 0.2) is 18.2 Å². The summed E-state index contributed by atoms with van der Waals surface area (Å²) in [6.07, 6.45) is 0. The fourth-order valence-corrected chi connectivity index (χ4v) is 4.34. The molecular formula is C17H27ClN2S. The largest absolute Gasteiger partial charge is 0.369 e. The molecule has 1 fully saturated rings. The minimum Gasteiger partial charge on any atom is -0.369 e. The highest BCUT2D eigenvalue weighted by Gasteiger charge is 2.24. The van der Waals surface area contributed by atoms with Crippen molar-refractivity contribution in [1.29, 1.82) is 0 Å². The number of thioether (sulfide) groups is 1. The quantitative estimate of drug-likeness (QED) is 0.862. The number of nitrogens with zero attached hydrogens (tertiary/aromatic N) is 1. The van der Waals surface area contributed by atoms with E-state index < -0.39 is 0 Å². The van der Waals surface area contributed by atoms with Crippen molar-refractivity contribution in [2.45, 2.75) is 44.7 Å². The fraction of sp³-hybridized carbons (Fsp3) is 0.647. The topological polar surface area (TPSA) is 15.3 Å². The van der Waals surface area contributed by atoms with Crippen LogP contribution in [-0.2, 0) is 6.54 Å². The van der Waals surface area contributed by atoms with Gasteiger partial charge in [0, 0.05) is 40.8 Å². The Bertz CT molecular complexity index is 454. The van der Waals surface area contributed by atoms with E-state index in [1.165, 1.54) is 11.3 Å². The molecular weight excluding hydrogens is 300 g/mol. The van der Waals surface area contributed by atoms with Crippen LogP contribution in [0, 0.1) is 5.92 Å². The second-order valence-electron chi connectivity index (χ2n) is 6.46. The smallest absolute Gasteiger partial charge is 0.0427 e. The molecule has 1 aliphatic heterocycles. The molecule has 2 rings (SSSR count). The van der Waals surface area contributed by atoms with Crippen molar-refractivity contribution >= 4 is 29.1 Å². The van der Waals surface area contributed by atoms with Gasteiger partial charge in [-0.2, -0.15) is 11.8 Å². The van der Waals surface area contributed by atoms with Gasteiger partial charge in [0.25, 0.3) is 0 Å². The van der Waals surface area contributed by atoms with Crippen LogP contribution >= 0.6 is 23.4 Å². The van der Waals surface area contributed by atoms with Crippen LogP contribution < -0.4 is 10.2 Å². The zero-order valence-electron chi connectivity index (χ0n) is 13.5. The summed E-state index contributed by atoms with van der Waals surface area (Å²) in [6, 6.07) is 6.30. The molecule has 21 heavy (non-hydrogen) atoms. The number of hydrogen-bond acceptors (Lipinski definition) is 3. The predicted octanol–water partition coefficient (Wildman–Crippen LogP) is 4.42. The van der Waals surface area contributed by atoms with Gasteiger partial charge in [0.05, 0.1) is 0 Å². The Labute approximate surface area is 138 Å². The monoisotopic (exact) mass is 326 g/mol. The fourth-order valence-electron chi connectivity index (χ4n) is 2.85. The van der Waals surface area contributed by atoms with Crippen LogP contribution in [0.5, 0.6) is 0 Å². The van der Waals surface area contributed by atoms with Crippen LogP contribution in [0.25, 0.3) is 0 Å². The lowest BCUT2D eigenvalue weighted by atomic mass is 10.1. The average Bonchev–Trinajstić information content (AvgIpc) is 2.39. The van der Waals surface area contributed by atoms with E-state index >= 15 is 0 Å². The predicted molar refractivity (Wildman–Crippen MR) is 96.7 cm³/mol. The number of anilines is 1. The van der Waals surface area contributed by atoms with Crippen molar-refractivity contribution in [2.24, 2.45) is 5.92 Å². The summed E-state index contributed by atoms with van der Waals surface area (Å²) in [4.78, 5) is 2.50. The molecule has 1 aliphatic rings. The van der Waals surface area contributed by atoms with Crippen LogP contribution in [-0.4, -0.2) is 30.1 Å². The van der Waals surface area contributed by atoms with E-state index in [9.17, 15) is 0 Å². The molecule has 4 heteroatoms. The molecule has 2 nitrogen and oxygen atoms in total. The molecule has 1 N–H and O–H groups in total. The number of rotatable bonds is 5. The molecule has 0 amide bonds. The molecule has 1 heterocycles. The first-order valence-electron chi connectivity index (χ1n) is 7.85. The van der Waals surface area contributed by atoms with Crippen LogP contribution in [0.2, 0.25) is 5.02 Å². The standard InChI is InChI=1S/C17H27ClN2S/c1-12(2)8-19-9-15-5-6-16(18)7-17(15)20-10-13(3)21-14(4)11-20/h5-7,12-14,19H,8-11H2,1-4H3. The summed E-state index contributed by atoms with van der Waals surface area (Å²) in [5, 5.41) is 5.72. The molecule has 118 valence electrons. The Morgan fingerprint density at radius 2 is 1.95 bits per heavy atom. The molecule has 0 bridgehead atoms. The van der Waals surface area contributed by atoms with Crippen LogP contribution in [0.3, 0.4) is 0 Å². The van der Waals surface area contributed by atoms with E-state index in [-0.39, 0.29) is 0 Å². The van der Waals surface area contributed by atoms with Gasteiger partial charge in [-0.05, 0) is 30.2 Å². The van der Waals surface area contributed by atoms with Crippen molar-refractivity contribution < 1.29 is 0 Å². The van der Waals surface area contributed by atoms with Crippen molar-refractivity contribution in [3.63, 3.8) is 0 Å². The highest BCUT2D eigenvalue weighted by molar-refractivity contribution is 8.00. The van der Waals surface area contributed by atoms with Gasteiger partial charge < -0.3 is 10.2 Å². The lowest BCUT2D eigenvalue weighted by Gasteiger charge is -2.37. The van der Waals surface area contributed by atoms with Gasteiger partial charge in [-0.15, -0.1) is 0 Å². The van der Waals surface area contributed by atoms with E-state index in [2.05, 4.69) is 61.8 Å². The molecule has 2 atom stereocenters. The van der Waals surface area contributed by atoms with E-state index in [1.807, 2.05) is 6.07 Å². The summed E-state index contributed by atoms with van der Waals surface area (Å²) in [5.74, 6) is 0.673. The zero-order chi connectivity index (χ0) is 15.4. The summed E-state index contributed by atoms with van der Waals surface area (Å²) < 4.78 is 0. The normalized spacial score (nSPS) is 22.9. The average molecular weight is 327 g/mol. The first kappa shape index (κ1) is 17.0. The molecule has 0 spiro atoms. The molecule has 1 saturated heterocycles. The van der Waals surface area contributed by atoms with E-state index in [0.717, 1.165) is 31.2 Å². The Morgan fingerprint density at radius 3 is 2.57 bits per heavy atom. The second-order valence-corrected chi connectivity index (χ2v) is 8.78. The van der Waals surface area contributed by atoms with Crippen molar-refractivity contribution in [3.05, 3.63) is 28.8 Å². The van der Waals surface area contributed by atoms with Gasteiger partial charge in [-0.3, -0.25) is 0 Å². The Balaban J connectivity index is 2.14. The molecule has 1 aromatic carbocycles. The molecule has 2 unspecified atom stereocenters. The number of benzene rings is 1. The maximum absolute atomic E-state index is 6.24. The van der Waals surface area contributed by atoms with E-state index in [1.54, 1.807) is 0 Å². The van der Waals surface area contributed by atoms with Crippen molar-refractivity contribution in [3.8, 4) is 0 Å². The van der Waals surface area contributed by atoms with Gasteiger partial charge in [-0.25, -0.2) is 0 Å². The number of hydrogen-bond donors (Lipinski definition) is 1. The third-order valence-corrected chi connectivity index (χ3v) is 5.14. The highest BCUT2D eigenvalue weighted by Crippen LogP contribution is 2.32. The van der Waals surface area contributed by atoms with Gasteiger partial charge in [0.15, 0.2) is 0 Å². The van der Waals surface area contributed by atoms with Crippen LogP contribution in [0.1, 0.15) is 33.3 Å². The zero-order valence-corrected chi connectivity index (χ0v) is 15.1. The van der Waals surface area contributed by atoms with E-state index in [0.29, 0.717) is 16.4 Å². The number of halogens is 1. The molecule has 1 aromatic rings. The number of nitrogens with one attached hydrogen (secondary N) is 1. The van der Waals surface area contributed by atoms with Crippen LogP contribution in [0.4, 0.5) is 5.69 Å². The highest BCUT2D eigenvalue weighted by atomic mass is 35.5. The van der Waals surface area contributed by atoms with Gasteiger partial charge >= 0.3 is 0 Å². The summed E-state index contributed by atoms with van der Waals surface area (Å²) in [6.45, 7) is 13.3. The van der Waals surface area contributed by atoms with Gasteiger partial charge in [-0.1, -0.05) is 45.4 Å².